The predicted octanol–water partition coefficient (Wildman–Crippen LogP) is 3.81. The van der Waals surface area contributed by atoms with E-state index in [-0.39, 0.29) is 6.04 Å². The van der Waals surface area contributed by atoms with Gasteiger partial charge >= 0.3 is 0 Å². The van der Waals surface area contributed by atoms with Gasteiger partial charge in [-0.3, -0.25) is 4.90 Å². The second-order valence-electron chi connectivity index (χ2n) is 9.68. The number of aryl methyl sites for hydroxylation is 1. The van der Waals surface area contributed by atoms with Gasteiger partial charge in [-0.15, -0.1) is 0 Å². The zero-order valence-corrected chi connectivity index (χ0v) is 20.9. The fourth-order valence-electron chi connectivity index (χ4n) is 5.50. The normalized spacial score (nSPS) is 20.5. The molecule has 0 amide bonds. The van der Waals surface area contributed by atoms with Crippen molar-refractivity contribution in [2.75, 3.05) is 37.4 Å². The molecule has 0 spiro atoms. The molecule has 2 aliphatic rings. The first-order valence-electron chi connectivity index (χ1n) is 13.9. The van der Waals surface area contributed by atoms with Gasteiger partial charge in [0.25, 0.3) is 0 Å². The molecule has 0 bridgehead atoms. The summed E-state index contributed by atoms with van der Waals surface area (Å²) in [7, 11) is -0.470. The van der Waals surface area contributed by atoms with Crippen molar-refractivity contribution >= 4 is 33.7 Å². The largest absolute Gasteiger partial charge is 0.495 e. The van der Waals surface area contributed by atoms with Crippen LogP contribution in [0.3, 0.4) is 0 Å². The molecule has 11 nitrogen and oxygen atoms in total. The summed E-state index contributed by atoms with van der Waals surface area (Å²) in [6.07, 6.45) is 5.49. The van der Waals surface area contributed by atoms with Gasteiger partial charge in [0.2, 0.25) is 5.88 Å². The molecule has 11 heteroatoms. The van der Waals surface area contributed by atoms with Gasteiger partial charge in [-0.25, -0.2) is 24.5 Å². The minimum atomic E-state index is -2.59. The second-order valence-corrected chi connectivity index (χ2v) is 9.68. The standard InChI is InChI=1S/C27H27N9O2/c1-16-10-17(4-6-21(16)38-24-11-23-29-14-32-36(23)15-31-24)33-27-25-18(28-13-30-27)5-7-22(37-3)26(25)35-12-20-19(35)8-9-34(20)2/h4-7,10-11,13-15,19-20H,8-9,12H2,1-3H3,(H,28,30,33)/t19?,20-/m1/s1/i3D3. The summed E-state index contributed by atoms with van der Waals surface area (Å²) in [6.45, 7) is 3.70. The number of methoxy groups -OCH3 is 1. The molecule has 0 saturated carbocycles. The maximum atomic E-state index is 7.77. The number of benzene rings is 2. The maximum absolute atomic E-state index is 7.77. The van der Waals surface area contributed by atoms with Gasteiger partial charge in [-0.2, -0.15) is 5.10 Å². The average molecular weight is 513 g/mol. The zero-order valence-electron chi connectivity index (χ0n) is 23.9. The molecule has 1 N–H and O–H groups in total. The molecule has 2 aromatic carbocycles. The summed E-state index contributed by atoms with van der Waals surface area (Å²) in [5.74, 6) is 1.90. The highest BCUT2D eigenvalue weighted by molar-refractivity contribution is 6.04. The van der Waals surface area contributed by atoms with E-state index >= 15 is 0 Å². The molecule has 0 aliphatic carbocycles. The molecule has 192 valence electrons. The van der Waals surface area contributed by atoms with Crippen LogP contribution in [0, 0.1) is 6.92 Å². The highest BCUT2D eigenvalue weighted by atomic mass is 16.5. The molecule has 7 rings (SSSR count). The van der Waals surface area contributed by atoms with Crippen molar-refractivity contribution in [3.05, 3.63) is 60.9 Å². The zero-order chi connectivity index (χ0) is 28.3. The van der Waals surface area contributed by atoms with Crippen LogP contribution < -0.4 is 19.7 Å². The van der Waals surface area contributed by atoms with Gasteiger partial charge in [0.1, 0.15) is 36.3 Å². The van der Waals surface area contributed by atoms with E-state index in [1.54, 1.807) is 29.0 Å². The quantitative estimate of drug-likeness (QED) is 0.361. The average Bonchev–Trinajstić information content (AvgIpc) is 3.49. The van der Waals surface area contributed by atoms with Crippen LogP contribution in [0.1, 0.15) is 16.1 Å². The van der Waals surface area contributed by atoms with Crippen LogP contribution in [-0.4, -0.2) is 73.7 Å². The predicted molar refractivity (Wildman–Crippen MR) is 144 cm³/mol. The van der Waals surface area contributed by atoms with Gasteiger partial charge < -0.3 is 19.7 Å². The summed E-state index contributed by atoms with van der Waals surface area (Å²) in [5.41, 5.74) is 3.69. The topological polar surface area (TPSA) is 106 Å². The van der Waals surface area contributed by atoms with Crippen molar-refractivity contribution in [2.45, 2.75) is 25.4 Å². The minimum Gasteiger partial charge on any atom is -0.495 e. The van der Waals surface area contributed by atoms with E-state index in [4.69, 9.17) is 13.6 Å². The molecule has 38 heavy (non-hydrogen) atoms. The van der Waals surface area contributed by atoms with Crippen molar-refractivity contribution in [1.82, 2.24) is 34.4 Å². The summed E-state index contributed by atoms with van der Waals surface area (Å²) >= 11 is 0. The number of ether oxygens (including phenoxy) is 2. The molecule has 5 aromatic rings. The number of fused-ring (bicyclic) bond motifs is 3. The molecule has 0 radical (unpaired) electrons. The Bertz CT molecular complexity index is 1780. The number of anilines is 3. The Morgan fingerprint density at radius 1 is 1.03 bits per heavy atom. The number of hydrogen-bond acceptors (Lipinski definition) is 10. The molecule has 2 atom stereocenters. The summed E-state index contributed by atoms with van der Waals surface area (Å²) in [6, 6.07) is 11.6. The lowest BCUT2D eigenvalue weighted by Gasteiger charge is -2.48. The Balaban J connectivity index is 1.23. The number of likely N-dealkylation sites (tertiary alicyclic amines) is 1. The monoisotopic (exact) mass is 512 g/mol. The van der Waals surface area contributed by atoms with Gasteiger partial charge in [0, 0.05) is 36.9 Å². The van der Waals surface area contributed by atoms with E-state index < -0.39 is 7.04 Å². The first kappa shape index (κ1) is 19.6. The SMILES string of the molecule is [2H]C([2H])([2H])Oc1ccc2ncnc(Nc3ccc(Oc4cc5ncnn5cn4)c(C)c3)c2c1N1C[C@@H]2C1CCN2C. The van der Waals surface area contributed by atoms with Gasteiger partial charge in [0.15, 0.2) is 5.65 Å². The van der Waals surface area contributed by atoms with Crippen LogP contribution in [0.4, 0.5) is 17.2 Å². The second kappa shape index (κ2) is 8.80. The third-order valence-electron chi connectivity index (χ3n) is 7.51. The summed E-state index contributed by atoms with van der Waals surface area (Å²) in [5, 5.41) is 8.19. The Morgan fingerprint density at radius 2 is 1.95 bits per heavy atom. The van der Waals surface area contributed by atoms with Crippen LogP contribution in [0.25, 0.3) is 16.6 Å². The highest BCUT2D eigenvalue weighted by Gasteiger charge is 2.46. The van der Waals surface area contributed by atoms with Gasteiger partial charge in [-0.05, 0) is 56.3 Å². The smallest absolute Gasteiger partial charge is 0.224 e. The fraction of sp³-hybridized carbons (Fsp3) is 0.296. The lowest BCUT2D eigenvalue weighted by atomic mass is 9.94. The van der Waals surface area contributed by atoms with Gasteiger partial charge in [-0.1, -0.05) is 0 Å². The Kier molecular flexibility index (Phi) is 4.54. The highest BCUT2D eigenvalue weighted by Crippen LogP contribution is 2.46. The van der Waals surface area contributed by atoms with Crippen LogP contribution in [0.15, 0.2) is 55.4 Å². The van der Waals surface area contributed by atoms with Crippen LogP contribution >= 0.6 is 0 Å². The van der Waals surface area contributed by atoms with Crippen molar-refractivity contribution < 1.29 is 13.6 Å². The molecule has 2 saturated heterocycles. The summed E-state index contributed by atoms with van der Waals surface area (Å²) < 4.78 is 36.4. The van der Waals surface area contributed by atoms with E-state index in [1.807, 2.05) is 25.1 Å². The lowest BCUT2D eigenvalue weighted by molar-refractivity contribution is 0.241. The maximum Gasteiger partial charge on any atom is 0.224 e. The van der Waals surface area contributed by atoms with E-state index in [0.29, 0.717) is 51.5 Å². The molecule has 2 fully saturated rings. The Hall–Kier alpha value is -4.51. The third kappa shape index (κ3) is 3.66. The molecular weight excluding hydrogens is 482 g/mol. The number of nitrogens with one attached hydrogen (secondary N) is 1. The Morgan fingerprint density at radius 3 is 2.82 bits per heavy atom. The summed E-state index contributed by atoms with van der Waals surface area (Å²) in [4.78, 5) is 22.1. The van der Waals surface area contributed by atoms with Crippen LogP contribution in [-0.2, 0) is 0 Å². The minimum absolute atomic E-state index is 0.266. The molecule has 3 aromatic heterocycles. The molecule has 1 unspecified atom stereocenters. The van der Waals surface area contributed by atoms with E-state index in [2.05, 4.69) is 47.2 Å². The van der Waals surface area contributed by atoms with Crippen molar-refractivity contribution in [3.63, 3.8) is 0 Å². The van der Waals surface area contributed by atoms with Crippen LogP contribution in [0.2, 0.25) is 0 Å². The first-order chi connectivity index (χ1) is 19.7. The van der Waals surface area contributed by atoms with E-state index in [0.717, 1.165) is 30.8 Å². The number of aromatic nitrogens is 6. The lowest BCUT2D eigenvalue weighted by Crippen LogP contribution is -2.61. The number of nitrogens with zero attached hydrogens (tertiary/aromatic N) is 8. The van der Waals surface area contributed by atoms with E-state index in [1.165, 1.54) is 12.7 Å². The molecule has 2 aliphatic heterocycles. The number of rotatable bonds is 6. The Labute approximate surface area is 223 Å². The fourth-order valence-corrected chi connectivity index (χ4v) is 5.50. The van der Waals surface area contributed by atoms with Crippen LogP contribution in [0.5, 0.6) is 17.4 Å². The number of likely N-dealkylation sites (N-methyl/N-ethyl adjacent to an activating group) is 1. The van der Waals surface area contributed by atoms with Crippen molar-refractivity contribution in [2.24, 2.45) is 0 Å². The molecular formula is C27H27N9O2. The van der Waals surface area contributed by atoms with Crippen molar-refractivity contribution in [3.8, 4) is 17.4 Å². The third-order valence-corrected chi connectivity index (χ3v) is 7.51. The first-order valence-corrected chi connectivity index (χ1v) is 12.4. The molecule has 5 heterocycles. The van der Waals surface area contributed by atoms with Crippen molar-refractivity contribution in [1.29, 1.82) is 0 Å². The number of hydrogen-bond donors (Lipinski definition) is 1. The van der Waals surface area contributed by atoms with E-state index in [9.17, 15) is 0 Å². The van der Waals surface area contributed by atoms with Gasteiger partial charge in [0.05, 0.1) is 27.7 Å².